The number of nitrogens with zero attached hydrogens (tertiary/aromatic N) is 3. The zero-order chi connectivity index (χ0) is 18.0. The van der Waals surface area contributed by atoms with Gasteiger partial charge >= 0.3 is 0 Å². The van der Waals surface area contributed by atoms with E-state index >= 15 is 0 Å². The van der Waals surface area contributed by atoms with Crippen LogP contribution in [0.1, 0.15) is 36.8 Å². The van der Waals surface area contributed by atoms with Gasteiger partial charge in [-0.25, -0.2) is 4.99 Å². The van der Waals surface area contributed by atoms with Gasteiger partial charge in [0.2, 0.25) is 0 Å². The fourth-order valence-electron chi connectivity index (χ4n) is 5.19. The molecule has 2 aliphatic carbocycles. The molecule has 1 aromatic rings. The summed E-state index contributed by atoms with van der Waals surface area (Å²) < 4.78 is 0.987. The smallest absolute Gasteiger partial charge is 0.262 e. The van der Waals surface area contributed by atoms with Crippen LogP contribution >= 0.6 is 15.9 Å². The lowest BCUT2D eigenvalue weighted by Crippen LogP contribution is -2.52. The minimum atomic E-state index is -0.845. The Morgan fingerprint density at radius 1 is 1.32 bits per heavy atom. The van der Waals surface area contributed by atoms with Gasteiger partial charge in [0, 0.05) is 23.0 Å². The van der Waals surface area contributed by atoms with Gasteiger partial charge in [0.25, 0.3) is 5.91 Å². The molecule has 1 fully saturated rings. The molecule has 1 aromatic carbocycles. The molecule has 5 nitrogen and oxygen atoms in total. The average Bonchev–Trinajstić information content (AvgIpc) is 2.97. The molecule has 3 aliphatic rings. The van der Waals surface area contributed by atoms with Gasteiger partial charge in [-0.2, -0.15) is 0 Å². The van der Waals surface area contributed by atoms with Crippen LogP contribution in [-0.2, 0) is 16.8 Å². The first-order valence-electron chi connectivity index (χ1n) is 8.89. The molecule has 0 saturated heterocycles. The van der Waals surface area contributed by atoms with Crippen molar-refractivity contribution in [2.24, 2.45) is 16.1 Å². The van der Waals surface area contributed by atoms with Crippen molar-refractivity contribution in [3.63, 3.8) is 0 Å². The SMILES string of the molecule is CN1C(=O)C2(N=C1N)c1cc(Br)ccc1CC21CCC(N(C)C)CC1. The predicted molar refractivity (Wildman–Crippen MR) is 102 cm³/mol. The molecule has 1 amide bonds. The summed E-state index contributed by atoms with van der Waals surface area (Å²) in [5, 5.41) is 0. The van der Waals surface area contributed by atoms with Crippen LogP contribution in [0.15, 0.2) is 27.7 Å². The molecule has 1 aliphatic heterocycles. The largest absolute Gasteiger partial charge is 0.369 e. The second-order valence-corrected chi connectivity index (χ2v) is 8.91. The van der Waals surface area contributed by atoms with Gasteiger partial charge in [0.05, 0.1) is 0 Å². The highest BCUT2D eigenvalue weighted by molar-refractivity contribution is 9.10. The third-order valence-corrected chi connectivity index (χ3v) is 7.13. The Labute approximate surface area is 157 Å². The van der Waals surface area contributed by atoms with Crippen LogP contribution < -0.4 is 5.73 Å². The Hall–Kier alpha value is -1.40. The third-order valence-electron chi connectivity index (χ3n) is 6.64. The fourth-order valence-corrected chi connectivity index (χ4v) is 5.55. The molecule has 0 bridgehead atoms. The van der Waals surface area contributed by atoms with E-state index in [1.807, 2.05) is 0 Å². The van der Waals surface area contributed by atoms with E-state index in [0.717, 1.165) is 42.1 Å². The van der Waals surface area contributed by atoms with Gasteiger partial charge in [-0.15, -0.1) is 0 Å². The zero-order valence-corrected chi connectivity index (χ0v) is 16.6. The minimum absolute atomic E-state index is 0.0325. The van der Waals surface area contributed by atoms with E-state index in [1.54, 1.807) is 7.05 Å². The molecule has 1 heterocycles. The molecule has 2 spiro atoms. The lowest BCUT2D eigenvalue weighted by Gasteiger charge is -2.46. The number of halogens is 1. The molecule has 134 valence electrons. The summed E-state index contributed by atoms with van der Waals surface area (Å²) >= 11 is 3.58. The average molecular weight is 405 g/mol. The van der Waals surface area contributed by atoms with E-state index in [2.05, 4.69) is 53.1 Å². The Morgan fingerprint density at radius 2 is 2.00 bits per heavy atom. The normalized spacial score (nSPS) is 34.3. The molecule has 1 atom stereocenters. The van der Waals surface area contributed by atoms with Crippen molar-refractivity contribution in [1.82, 2.24) is 9.80 Å². The number of carbonyl (C=O) groups is 1. The molecule has 0 radical (unpaired) electrons. The van der Waals surface area contributed by atoms with Gasteiger partial charge in [0.15, 0.2) is 11.5 Å². The lowest BCUT2D eigenvalue weighted by atomic mass is 9.61. The molecular formula is C19H25BrN4O. The first-order chi connectivity index (χ1) is 11.8. The van der Waals surface area contributed by atoms with Crippen molar-refractivity contribution in [3.8, 4) is 0 Å². The van der Waals surface area contributed by atoms with Crippen LogP contribution in [0.5, 0.6) is 0 Å². The molecule has 1 unspecified atom stereocenters. The number of carbonyl (C=O) groups excluding carboxylic acids is 1. The van der Waals surface area contributed by atoms with Gasteiger partial charge < -0.3 is 10.6 Å². The monoisotopic (exact) mass is 404 g/mol. The summed E-state index contributed by atoms with van der Waals surface area (Å²) in [6, 6.07) is 6.86. The zero-order valence-electron chi connectivity index (χ0n) is 15.1. The molecule has 4 rings (SSSR count). The van der Waals surface area contributed by atoms with Crippen LogP contribution in [0.25, 0.3) is 0 Å². The molecule has 2 N–H and O–H groups in total. The number of nitrogens with two attached hydrogens (primary N) is 1. The van der Waals surface area contributed by atoms with E-state index in [0.29, 0.717) is 12.0 Å². The van der Waals surface area contributed by atoms with Gasteiger partial charge in [-0.05, 0) is 69.5 Å². The quantitative estimate of drug-likeness (QED) is 0.781. The Kier molecular flexibility index (Phi) is 3.78. The highest BCUT2D eigenvalue weighted by Gasteiger charge is 2.66. The third kappa shape index (κ3) is 2.16. The Morgan fingerprint density at radius 3 is 2.56 bits per heavy atom. The number of benzene rings is 1. The number of aliphatic imine (C=N–C) groups is 1. The summed E-state index contributed by atoms with van der Waals surface area (Å²) in [6.07, 6.45) is 5.09. The summed E-state index contributed by atoms with van der Waals surface area (Å²) in [5.74, 6) is 0.372. The van der Waals surface area contributed by atoms with Crippen LogP contribution in [0.2, 0.25) is 0 Å². The van der Waals surface area contributed by atoms with E-state index in [1.165, 1.54) is 10.5 Å². The number of hydrogen-bond acceptors (Lipinski definition) is 4. The maximum atomic E-state index is 13.4. The fraction of sp³-hybridized carbons (Fsp3) is 0.579. The van der Waals surface area contributed by atoms with Gasteiger partial charge in [-0.1, -0.05) is 22.0 Å². The summed E-state index contributed by atoms with van der Waals surface area (Å²) in [4.78, 5) is 22.1. The van der Waals surface area contributed by atoms with Crippen molar-refractivity contribution in [3.05, 3.63) is 33.8 Å². The summed E-state index contributed by atoms with van der Waals surface area (Å²) in [6.45, 7) is 0. The van der Waals surface area contributed by atoms with E-state index < -0.39 is 5.54 Å². The van der Waals surface area contributed by atoms with Crippen molar-refractivity contribution < 1.29 is 4.79 Å². The molecule has 25 heavy (non-hydrogen) atoms. The van der Waals surface area contributed by atoms with E-state index in [9.17, 15) is 4.79 Å². The van der Waals surface area contributed by atoms with Crippen molar-refractivity contribution in [1.29, 1.82) is 0 Å². The lowest BCUT2D eigenvalue weighted by molar-refractivity contribution is -0.136. The molecule has 1 saturated carbocycles. The van der Waals surface area contributed by atoms with E-state index in [4.69, 9.17) is 10.7 Å². The highest BCUT2D eigenvalue weighted by Crippen LogP contribution is 2.62. The maximum Gasteiger partial charge on any atom is 0.262 e. The topological polar surface area (TPSA) is 61.9 Å². The van der Waals surface area contributed by atoms with Gasteiger partial charge in [0.1, 0.15) is 0 Å². The maximum absolute atomic E-state index is 13.4. The highest BCUT2D eigenvalue weighted by atomic mass is 79.9. The number of guanidine groups is 1. The van der Waals surface area contributed by atoms with Crippen LogP contribution in [0, 0.1) is 5.41 Å². The molecular weight excluding hydrogens is 380 g/mol. The standard InChI is InChI=1S/C19H25BrN4O/c1-23(2)14-6-8-18(9-7-14)11-12-4-5-13(20)10-15(12)19(18)16(25)24(3)17(21)22-19/h4-5,10,14H,6-9,11H2,1-3H3,(H2,21,22). The van der Waals surface area contributed by atoms with Crippen LogP contribution in [0.4, 0.5) is 0 Å². The number of hydrogen-bond donors (Lipinski definition) is 1. The molecule has 6 heteroatoms. The summed E-state index contributed by atoms with van der Waals surface area (Å²) in [5.41, 5.74) is 7.40. The van der Waals surface area contributed by atoms with Crippen LogP contribution in [0.3, 0.4) is 0 Å². The number of fused-ring (bicyclic) bond motifs is 3. The van der Waals surface area contributed by atoms with Crippen molar-refractivity contribution in [2.45, 2.75) is 43.7 Å². The second kappa shape index (κ2) is 5.55. The molecule has 0 aromatic heterocycles. The Bertz CT molecular complexity index is 767. The van der Waals surface area contributed by atoms with Crippen molar-refractivity contribution in [2.75, 3.05) is 21.1 Å². The number of rotatable bonds is 1. The predicted octanol–water partition coefficient (Wildman–Crippen LogP) is 2.48. The van der Waals surface area contributed by atoms with Crippen LogP contribution in [-0.4, -0.2) is 48.9 Å². The minimum Gasteiger partial charge on any atom is -0.369 e. The van der Waals surface area contributed by atoms with Gasteiger partial charge in [-0.3, -0.25) is 9.69 Å². The summed E-state index contributed by atoms with van der Waals surface area (Å²) in [7, 11) is 6.03. The first-order valence-corrected chi connectivity index (χ1v) is 9.69. The Balaban J connectivity index is 1.85. The first kappa shape index (κ1) is 17.0. The number of amides is 1. The van der Waals surface area contributed by atoms with Crippen molar-refractivity contribution >= 4 is 27.8 Å². The van der Waals surface area contributed by atoms with E-state index in [-0.39, 0.29) is 11.3 Å². The number of likely N-dealkylation sites (N-methyl/N-ethyl adjacent to an activating group) is 1. The second-order valence-electron chi connectivity index (χ2n) is 8.00.